The van der Waals surface area contributed by atoms with E-state index in [4.69, 9.17) is 0 Å². The predicted molar refractivity (Wildman–Crippen MR) is 118 cm³/mol. The van der Waals surface area contributed by atoms with Gasteiger partial charge in [-0.1, -0.05) is 37.3 Å². The van der Waals surface area contributed by atoms with Gasteiger partial charge in [-0.3, -0.25) is 4.79 Å². The van der Waals surface area contributed by atoms with E-state index in [9.17, 15) is 4.79 Å². The normalized spacial score (nSPS) is 14.0. The summed E-state index contributed by atoms with van der Waals surface area (Å²) < 4.78 is 0. The molecule has 0 amide bonds. The number of aromatic amines is 1. The molecule has 0 atom stereocenters. The Morgan fingerprint density at radius 1 is 1.07 bits per heavy atom. The van der Waals surface area contributed by atoms with Gasteiger partial charge in [-0.2, -0.15) is 0 Å². The van der Waals surface area contributed by atoms with Crippen LogP contribution in [0.5, 0.6) is 0 Å². The van der Waals surface area contributed by atoms with Gasteiger partial charge in [-0.05, 0) is 55.5 Å². The van der Waals surface area contributed by atoms with Gasteiger partial charge in [-0.15, -0.1) is 0 Å². The van der Waals surface area contributed by atoms with E-state index in [-0.39, 0.29) is 5.56 Å². The topological polar surface area (TPSA) is 61.9 Å². The third kappa shape index (κ3) is 3.99. The Morgan fingerprint density at radius 3 is 2.41 bits per heavy atom. The maximum atomic E-state index is 12.0. The quantitative estimate of drug-likeness (QED) is 0.726. The first-order valence-electron chi connectivity index (χ1n) is 10.1. The van der Waals surface area contributed by atoms with Crippen molar-refractivity contribution in [3.63, 3.8) is 0 Å². The Morgan fingerprint density at radius 2 is 1.83 bits per heavy atom. The molecule has 2 aromatic heterocycles. The number of hydrogen-bond donors (Lipinski definition) is 1. The fourth-order valence-electron chi connectivity index (χ4n) is 3.59. The van der Waals surface area contributed by atoms with E-state index >= 15 is 0 Å². The summed E-state index contributed by atoms with van der Waals surface area (Å²) in [6.45, 7) is 7.59. The summed E-state index contributed by atoms with van der Waals surface area (Å²) in [5.41, 5.74) is 6.20. The number of rotatable bonds is 4. The monoisotopic (exact) mass is 386 g/mol. The van der Waals surface area contributed by atoms with E-state index < -0.39 is 0 Å². The molecular formula is C24H26N4O. The molecule has 5 heteroatoms. The number of hydrogen-bond acceptors (Lipinski definition) is 4. The molecular weight excluding hydrogens is 360 g/mol. The van der Waals surface area contributed by atoms with E-state index in [1.807, 2.05) is 19.1 Å². The second-order valence-electron chi connectivity index (χ2n) is 7.51. The summed E-state index contributed by atoms with van der Waals surface area (Å²) in [6.07, 6.45) is 6.15. The van der Waals surface area contributed by atoms with E-state index in [1.165, 1.54) is 16.7 Å². The minimum atomic E-state index is -0.0998. The fraction of sp³-hybridized carbons (Fsp3) is 0.292. The van der Waals surface area contributed by atoms with Crippen LogP contribution in [-0.2, 0) is 6.42 Å². The Hall–Kier alpha value is -3.21. The number of pyridine rings is 1. The van der Waals surface area contributed by atoms with Crippen LogP contribution in [0, 0.1) is 13.8 Å². The molecule has 0 spiro atoms. The fourth-order valence-corrected chi connectivity index (χ4v) is 3.59. The molecule has 0 radical (unpaired) electrons. The molecule has 1 N–H and O–H groups in total. The van der Waals surface area contributed by atoms with Gasteiger partial charge in [0.15, 0.2) is 0 Å². The summed E-state index contributed by atoms with van der Waals surface area (Å²) in [6, 6.07) is 12.9. The molecule has 1 aromatic carbocycles. The van der Waals surface area contributed by atoms with Crippen molar-refractivity contribution in [2.24, 2.45) is 0 Å². The molecule has 3 heterocycles. The number of benzene rings is 1. The lowest BCUT2D eigenvalue weighted by Gasteiger charge is -2.27. The first kappa shape index (κ1) is 19.1. The number of anilines is 1. The van der Waals surface area contributed by atoms with Crippen molar-refractivity contribution < 1.29 is 0 Å². The first-order valence-corrected chi connectivity index (χ1v) is 10.1. The lowest BCUT2D eigenvalue weighted by Crippen LogP contribution is -2.28. The molecule has 148 valence electrons. The highest BCUT2D eigenvalue weighted by atomic mass is 16.1. The van der Waals surface area contributed by atoms with Crippen LogP contribution in [0.1, 0.15) is 35.7 Å². The zero-order valence-corrected chi connectivity index (χ0v) is 17.2. The molecule has 1 aliphatic rings. The predicted octanol–water partition coefficient (Wildman–Crippen LogP) is 4.30. The molecule has 0 saturated heterocycles. The lowest BCUT2D eigenvalue weighted by molar-refractivity contribution is 0.816. The molecule has 0 aliphatic carbocycles. The van der Waals surface area contributed by atoms with Crippen LogP contribution in [0.4, 0.5) is 5.82 Å². The maximum absolute atomic E-state index is 12.0. The van der Waals surface area contributed by atoms with Crippen molar-refractivity contribution in [3.05, 3.63) is 81.4 Å². The van der Waals surface area contributed by atoms with Crippen molar-refractivity contribution in [3.8, 4) is 11.4 Å². The standard InChI is InChI=1S/C24H26N4O/c1-4-18-5-7-19(8-6-18)20-11-13-28(14-12-20)22-10-9-21(15-25-22)23-26-17(3)16(2)24(29)27-23/h5-11,15H,4,12-14H2,1-3H3,(H,26,27,29). The number of aromatic nitrogens is 3. The Bertz CT molecular complexity index is 1100. The molecule has 0 fully saturated rings. The highest BCUT2D eigenvalue weighted by Gasteiger charge is 2.15. The molecule has 5 nitrogen and oxygen atoms in total. The molecule has 4 rings (SSSR count). The second-order valence-corrected chi connectivity index (χ2v) is 7.51. The smallest absolute Gasteiger partial charge is 0.254 e. The highest BCUT2D eigenvalue weighted by molar-refractivity contribution is 5.68. The van der Waals surface area contributed by atoms with Crippen molar-refractivity contribution in [2.75, 3.05) is 18.0 Å². The van der Waals surface area contributed by atoms with Gasteiger partial charge >= 0.3 is 0 Å². The summed E-state index contributed by atoms with van der Waals surface area (Å²) >= 11 is 0. The van der Waals surface area contributed by atoms with Gasteiger partial charge in [0.25, 0.3) is 5.56 Å². The number of H-pyrrole nitrogens is 1. The second kappa shape index (κ2) is 8.03. The van der Waals surface area contributed by atoms with Gasteiger partial charge in [0.1, 0.15) is 11.6 Å². The van der Waals surface area contributed by atoms with Crippen molar-refractivity contribution >= 4 is 11.4 Å². The highest BCUT2D eigenvalue weighted by Crippen LogP contribution is 2.26. The van der Waals surface area contributed by atoms with Crippen molar-refractivity contribution in [1.29, 1.82) is 0 Å². The van der Waals surface area contributed by atoms with Gasteiger partial charge in [-0.25, -0.2) is 9.97 Å². The van der Waals surface area contributed by atoms with Gasteiger partial charge in [0.2, 0.25) is 0 Å². The van der Waals surface area contributed by atoms with Gasteiger partial charge in [0, 0.05) is 36.1 Å². The van der Waals surface area contributed by atoms with Crippen molar-refractivity contribution in [1.82, 2.24) is 15.0 Å². The minimum Gasteiger partial charge on any atom is -0.353 e. The van der Waals surface area contributed by atoms with E-state index in [0.29, 0.717) is 11.4 Å². The molecule has 0 saturated carbocycles. The average molecular weight is 386 g/mol. The van der Waals surface area contributed by atoms with Gasteiger partial charge < -0.3 is 9.88 Å². The van der Waals surface area contributed by atoms with Crippen LogP contribution in [-0.4, -0.2) is 28.0 Å². The SMILES string of the molecule is CCc1ccc(C2=CCN(c3ccc(-c4nc(C)c(C)c(=O)[nH]4)cn3)CC2)cc1. The van der Waals surface area contributed by atoms with Crippen molar-refractivity contribution in [2.45, 2.75) is 33.6 Å². The number of aryl methyl sites for hydroxylation is 2. The first-order chi connectivity index (χ1) is 14.0. The zero-order valence-electron chi connectivity index (χ0n) is 17.2. The summed E-state index contributed by atoms with van der Waals surface area (Å²) in [4.78, 5) is 26.2. The van der Waals surface area contributed by atoms with E-state index in [2.05, 4.69) is 57.1 Å². The van der Waals surface area contributed by atoms with Crippen LogP contribution in [0.15, 0.2) is 53.5 Å². The largest absolute Gasteiger partial charge is 0.353 e. The molecule has 0 unspecified atom stereocenters. The molecule has 3 aromatic rings. The summed E-state index contributed by atoms with van der Waals surface area (Å²) in [7, 11) is 0. The Kier molecular flexibility index (Phi) is 5.30. The summed E-state index contributed by atoms with van der Waals surface area (Å²) in [5.74, 6) is 1.50. The van der Waals surface area contributed by atoms with E-state index in [1.54, 1.807) is 13.1 Å². The van der Waals surface area contributed by atoms with Crippen LogP contribution in [0.2, 0.25) is 0 Å². The molecule has 29 heavy (non-hydrogen) atoms. The van der Waals surface area contributed by atoms with Crippen LogP contribution < -0.4 is 10.5 Å². The Balaban J connectivity index is 1.49. The van der Waals surface area contributed by atoms with E-state index in [0.717, 1.165) is 43.0 Å². The third-order valence-corrected chi connectivity index (χ3v) is 5.68. The van der Waals surface area contributed by atoms with Gasteiger partial charge in [0.05, 0.1) is 0 Å². The van der Waals surface area contributed by atoms with Crippen LogP contribution in [0.3, 0.4) is 0 Å². The van der Waals surface area contributed by atoms with Crippen LogP contribution in [0.25, 0.3) is 17.0 Å². The summed E-state index contributed by atoms with van der Waals surface area (Å²) in [5, 5.41) is 0. The lowest BCUT2D eigenvalue weighted by atomic mass is 9.98. The molecule has 1 aliphatic heterocycles. The van der Waals surface area contributed by atoms with Crippen LogP contribution >= 0.6 is 0 Å². The molecule has 0 bridgehead atoms. The minimum absolute atomic E-state index is 0.0998. The maximum Gasteiger partial charge on any atom is 0.254 e. The number of nitrogens with one attached hydrogen (secondary N) is 1. The average Bonchev–Trinajstić information content (AvgIpc) is 2.77. The zero-order chi connectivity index (χ0) is 20.4. The number of nitrogens with zero attached hydrogens (tertiary/aromatic N) is 3. The third-order valence-electron chi connectivity index (χ3n) is 5.68. The Labute approximate surface area is 171 Å².